The molecule has 0 aliphatic rings. The van der Waals surface area contributed by atoms with Gasteiger partial charge in [0.15, 0.2) is 0 Å². The van der Waals surface area contributed by atoms with Crippen molar-refractivity contribution in [3.8, 4) is 0 Å². The van der Waals surface area contributed by atoms with Crippen LogP contribution in [0.15, 0.2) is 18.2 Å². The van der Waals surface area contributed by atoms with E-state index in [9.17, 15) is 0 Å². The van der Waals surface area contributed by atoms with Crippen LogP contribution < -0.4 is 10.2 Å². The Hall–Kier alpha value is -0.810. The lowest BCUT2D eigenvalue weighted by atomic mass is 10.1. The molecule has 0 atom stereocenters. The van der Waals surface area contributed by atoms with E-state index in [0.29, 0.717) is 13.2 Å². The largest absolute Gasteiger partial charge is 0.383 e. The number of likely N-dealkylation sites (N-methyl/N-ethyl adjacent to an activating group) is 1. The molecule has 0 saturated heterocycles. The molecule has 114 valence electrons. The maximum Gasteiger partial charge on any atom is 0.0637 e. The van der Waals surface area contributed by atoms with Gasteiger partial charge in [-0.1, -0.05) is 11.6 Å². The van der Waals surface area contributed by atoms with Gasteiger partial charge in [-0.3, -0.25) is 0 Å². The van der Waals surface area contributed by atoms with Gasteiger partial charge in [0.25, 0.3) is 0 Å². The normalized spacial score (nSPS) is 10.8. The van der Waals surface area contributed by atoms with Crippen molar-refractivity contribution in [2.45, 2.75) is 13.5 Å². The first kappa shape index (κ1) is 17.2. The van der Waals surface area contributed by atoms with E-state index in [0.717, 1.165) is 31.2 Å². The van der Waals surface area contributed by atoms with E-state index in [1.807, 2.05) is 12.1 Å². The number of methoxy groups -OCH3 is 2. The Balaban J connectivity index is 2.76. The molecule has 20 heavy (non-hydrogen) atoms. The SMILES string of the molecule is CCN(CCOC)c1ccc(Cl)cc1CNCCOC. The van der Waals surface area contributed by atoms with Crippen LogP contribution in [0.3, 0.4) is 0 Å². The Morgan fingerprint density at radius 3 is 2.60 bits per heavy atom. The van der Waals surface area contributed by atoms with Crippen molar-refractivity contribution in [1.29, 1.82) is 0 Å². The van der Waals surface area contributed by atoms with Crippen LogP contribution >= 0.6 is 11.6 Å². The van der Waals surface area contributed by atoms with E-state index in [4.69, 9.17) is 21.1 Å². The minimum atomic E-state index is 0.705. The highest BCUT2D eigenvalue weighted by Gasteiger charge is 2.10. The zero-order valence-corrected chi connectivity index (χ0v) is 13.4. The van der Waals surface area contributed by atoms with Crippen LogP contribution in [0, 0.1) is 0 Å². The van der Waals surface area contributed by atoms with Gasteiger partial charge in [-0.25, -0.2) is 0 Å². The summed E-state index contributed by atoms with van der Waals surface area (Å²) in [6.07, 6.45) is 0. The lowest BCUT2D eigenvalue weighted by Crippen LogP contribution is -2.29. The predicted octanol–water partition coefficient (Wildman–Crippen LogP) is 2.55. The number of ether oxygens (including phenoxy) is 2. The highest BCUT2D eigenvalue weighted by molar-refractivity contribution is 6.30. The summed E-state index contributed by atoms with van der Waals surface area (Å²) < 4.78 is 10.2. The van der Waals surface area contributed by atoms with Crippen LogP contribution in [0.1, 0.15) is 12.5 Å². The van der Waals surface area contributed by atoms with Gasteiger partial charge in [-0.2, -0.15) is 0 Å². The highest BCUT2D eigenvalue weighted by atomic mass is 35.5. The third-order valence-corrected chi connectivity index (χ3v) is 3.36. The Kier molecular flexibility index (Phi) is 8.62. The molecule has 0 bridgehead atoms. The van der Waals surface area contributed by atoms with Crippen LogP contribution in [0.25, 0.3) is 0 Å². The molecule has 5 heteroatoms. The van der Waals surface area contributed by atoms with Crippen molar-refractivity contribution < 1.29 is 9.47 Å². The molecule has 1 N–H and O–H groups in total. The average molecular weight is 301 g/mol. The first-order valence-electron chi connectivity index (χ1n) is 6.94. The topological polar surface area (TPSA) is 33.7 Å². The third-order valence-electron chi connectivity index (χ3n) is 3.13. The summed E-state index contributed by atoms with van der Waals surface area (Å²) in [5.41, 5.74) is 2.41. The second-order valence-electron chi connectivity index (χ2n) is 4.52. The zero-order valence-electron chi connectivity index (χ0n) is 12.6. The van der Waals surface area contributed by atoms with Gasteiger partial charge in [0.1, 0.15) is 0 Å². The molecule has 0 aliphatic heterocycles. The fourth-order valence-corrected chi connectivity index (χ4v) is 2.25. The lowest BCUT2D eigenvalue weighted by Gasteiger charge is -2.26. The molecule has 0 radical (unpaired) electrons. The number of hydrogen-bond donors (Lipinski definition) is 1. The first-order chi connectivity index (χ1) is 9.72. The van der Waals surface area contributed by atoms with Crippen molar-refractivity contribution in [2.75, 3.05) is 52.0 Å². The maximum absolute atomic E-state index is 6.11. The number of rotatable bonds is 10. The van der Waals surface area contributed by atoms with Gasteiger partial charge < -0.3 is 19.7 Å². The molecule has 4 nitrogen and oxygen atoms in total. The molecule has 1 aromatic rings. The van der Waals surface area contributed by atoms with Gasteiger partial charge in [-0.05, 0) is 30.7 Å². The Labute approximate surface area is 127 Å². The molecule has 0 heterocycles. The number of halogens is 1. The van der Waals surface area contributed by atoms with E-state index in [1.165, 1.54) is 11.3 Å². The van der Waals surface area contributed by atoms with Crippen LogP contribution in [0.2, 0.25) is 5.02 Å². The molecular formula is C15H25ClN2O2. The molecule has 0 unspecified atom stereocenters. The molecule has 0 saturated carbocycles. The Bertz CT molecular complexity index is 388. The molecule has 0 fully saturated rings. The second-order valence-corrected chi connectivity index (χ2v) is 4.95. The first-order valence-corrected chi connectivity index (χ1v) is 7.32. The van der Waals surface area contributed by atoms with Crippen molar-refractivity contribution in [3.05, 3.63) is 28.8 Å². The number of nitrogens with one attached hydrogen (secondary N) is 1. The van der Waals surface area contributed by atoms with Crippen molar-refractivity contribution in [1.82, 2.24) is 5.32 Å². The molecule has 1 rings (SSSR count). The molecular weight excluding hydrogens is 276 g/mol. The van der Waals surface area contributed by atoms with Gasteiger partial charge in [-0.15, -0.1) is 0 Å². The van der Waals surface area contributed by atoms with Gasteiger partial charge in [0.2, 0.25) is 0 Å². The Morgan fingerprint density at radius 1 is 1.20 bits per heavy atom. The summed E-state index contributed by atoms with van der Waals surface area (Å²) in [7, 11) is 3.43. The maximum atomic E-state index is 6.11. The minimum Gasteiger partial charge on any atom is -0.383 e. The monoisotopic (exact) mass is 300 g/mol. The van der Waals surface area contributed by atoms with Crippen LogP contribution in [-0.2, 0) is 16.0 Å². The Morgan fingerprint density at radius 2 is 1.95 bits per heavy atom. The second kappa shape index (κ2) is 10.00. The number of anilines is 1. The van der Waals surface area contributed by atoms with E-state index in [2.05, 4.69) is 23.2 Å². The van der Waals surface area contributed by atoms with Crippen molar-refractivity contribution >= 4 is 17.3 Å². The average Bonchev–Trinajstić information content (AvgIpc) is 2.46. The van der Waals surface area contributed by atoms with E-state index < -0.39 is 0 Å². The number of nitrogens with zero attached hydrogens (tertiary/aromatic N) is 1. The fourth-order valence-electron chi connectivity index (χ4n) is 2.05. The van der Waals surface area contributed by atoms with E-state index in [-0.39, 0.29) is 0 Å². The fraction of sp³-hybridized carbons (Fsp3) is 0.600. The van der Waals surface area contributed by atoms with Crippen molar-refractivity contribution in [3.63, 3.8) is 0 Å². The lowest BCUT2D eigenvalue weighted by molar-refractivity contribution is 0.199. The predicted molar refractivity (Wildman–Crippen MR) is 84.8 cm³/mol. The zero-order chi connectivity index (χ0) is 14.8. The summed E-state index contributed by atoms with van der Waals surface area (Å²) in [5, 5.41) is 4.13. The van der Waals surface area contributed by atoms with Crippen LogP contribution in [0.4, 0.5) is 5.69 Å². The number of benzene rings is 1. The summed E-state index contributed by atoms with van der Waals surface area (Å²) in [5.74, 6) is 0. The summed E-state index contributed by atoms with van der Waals surface area (Å²) in [4.78, 5) is 2.30. The smallest absolute Gasteiger partial charge is 0.0637 e. The number of hydrogen-bond acceptors (Lipinski definition) is 4. The summed E-state index contributed by atoms with van der Waals surface area (Å²) in [6, 6.07) is 6.03. The standard InChI is InChI=1S/C15H25ClN2O2/c1-4-18(8-10-20-3)15-6-5-14(16)11-13(15)12-17-7-9-19-2/h5-6,11,17H,4,7-10,12H2,1-3H3. The summed E-state index contributed by atoms with van der Waals surface area (Å²) in [6.45, 7) is 6.99. The molecule has 0 amide bonds. The minimum absolute atomic E-state index is 0.705. The van der Waals surface area contributed by atoms with Crippen LogP contribution in [-0.4, -0.2) is 47.1 Å². The van der Waals surface area contributed by atoms with Crippen molar-refractivity contribution in [2.24, 2.45) is 0 Å². The molecule has 1 aromatic carbocycles. The summed E-state index contributed by atoms with van der Waals surface area (Å²) >= 11 is 6.11. The van der Waals surface area contributed by atoms with Gasteiger partial charge in [0, 0.05) is 51.1 Å². The quantitative estimate of drug-likeness (QED) is 0.673. The third kappa shape index (κ3) is 5.67. The highest BCUT2D eigenvalue weighted by Crippen LogP contribution is 2.24. The van der Waals surface area contributed by atoms with Gasteiger partial charge >= 0.3 is 0 Å². The van der Waals surface area contributed by atoms with E-state index >= 15 is 0 Å². The van der Waals surface area contributed by atoms with Gasteiger partial charge in [0.05, 0.1) is 13.2 Å². The molecule has 0 aliphatic carbocycles. The van der Waals surface area contributed by atoms with Crippen LogP contribution in [0.5, 0.6) is 0 Å². The molecule has 0 spiro atoms. The molecule has 0 aromatic heterocycles. The van der Waals surface area contributed by atoms with E-state index in [1.54, 1.807) is 14.2 Å².